The van der Waals surface area contributed by atoms with Gasteiger partial charge in [0.1, 0.15) is 0 Å². The molecule has 1 heterocycles. The lowest BCUT2D eigenvalue weighted by atomic mass is 10.0. The van der Waals surface area contributed by atoms with Gasteiger partial charge in [-0.1, -0.05) is 6.07 Å². The van der Waals surface area contributed by atoms with E-state index in [2.05, 4.69) is 4.72 Å². The zero-order valence-electron chi connectivity index (χ0n) is 12.3. The summed E-state index contributed by atoms with van der Waals surface area (Å²) in [5.74, 6) is -0.180. The van der Waals surface area contributed by atoms with Crippen molar-refractivity contribution in [2.45, 2.75) is 37.6 Å². The van der Waals surface area contributed by atoms with Crippen LogP contribution in [-0.2, 0) is 19.9 Å². The second-order valence-electron chi connectivity index (χ2n) is 5.93. The molecule has 1 saturated heterocycles. The molecular formula is C13H20N2O4S2. The van der Waals surface area contributed by atoms with Gasteiger partial charge >= 0.3 is 0 Å². The Hall–Kier alpha value is -1.12. The Bertz CT molecular complexity index is 785. The largest absolute Gasteiger partial charge is 0.398 e. The molecule has 0 radical (unpaired) electrons. The van der Waals surface area contributed by atoms with Gasteiger partial charge < -0.3 is 5.73 Å². The topological polar surface area (TPSA) is 106 Å². The highest BCUT2D eigenvalue weighted by atomic mass is 32.2. The minimum atomic E-state index is -3.83. The fourth-order valence-corrected chi connectivity index (χ4v) is 6.84. The molecule has 0 spiro atoms. The molecule has 0 saturated carbocycles. The number of rotatable bonds is 3. The van der Waals surface area contributed by atoms with Crippen molar-refractivity contribution in [3.63, 3.8) is 0 Å². The number of nitrogens with two attached hydrogens (primary N) is 1. The van der Waals surface area contributed by atoms with Crippen molar-refractivity contribution < 1.29 is 16.8 Å². The van der Waals surface area contributed by atoms with Crippen LogP contribution in [0.1, 0.15) is 24.5 Å². The predicted molar refractivity (Wildman–Crippen MR) is 82.3 cm³/mol. The number of nitrogens with one attached hydrogen (secondary N) is 1. The average Bonchev–Trinajstić information content (AvgIpc) is 2.57. The Balaban J connectivity index is 2.43. The van der Waals surface area contributed by atoms with E-state index in [1.807, 2.05) is 0 Å². The average molecular weight is 332 g/mol. The molecule has 1 aromatic carbocycles. The SMILES string of the molecule is Cc1ccc(N)c(C)c1S(=O)(=O)NC1(C)CCS(=O)(=O)C1. The van der Waals surface area contributed by atoms with Crippen LogP contribution in [0.5, 0.6) is 0 Å². The summed E-state index contributed by atoms with van der Waals surface area (Å²) in [6.45, 7) is 4.95. The van der Waals surface area contributed by atoms with Crippen LogP contribution in [0.15, 0.2) is 17.0 Å². The van der Waals surface area contributed by atoms with Gasteiger partial charge in [-0.3, -0.25) is 0 Å². The quantitative estimate of drug-likeness (QED) is 0.794. The molecule has 1 aliphatic rings. The second kappa shape index (κ2) is 4.96. The molecule has 118 valence electrons. The Kier molecular flexibility index (Phi) is 3.84. The first-order valence-corrected chi connectivity index (χ1v) is 9.86. The highest BCUT2D eigenvalue weighted by molar-refractivity contribution is 7.92. The smallest absolute Gasteiger partial charge is 0.241 e. The molecule has 1 aromatic rings. The standard InChI is InChI=1S/C13H20N2O4S2/c1-9-4-5-11(14)10(2)12(9)21(18,19)15-13(3)6-7-20(16,17)8-13/h4-5,15H,6-8,14H2,1-3H3. The van der Waals surface area contributed by atoms with E-state index in [4.69, 9.17) is 5.73 Å². The second-order valence-corrected chi connectivity index (χ2v) is 9.74. The Morgan fingerprint density at radius 2 is 1.90 bits per heavy atom. The van der Waals surface area contributed by atoms with Gasteiger partial charge in [-0.15, -0.1) is 0 Å². The first kappa shape index (κ1) is 16.3. The molecule has 1 unspecified atom stereocenters. The molecular weight excluding hydrogens is 312 g/mol. The number of sulfonamides is 1. The monoisotopic (exact) mass is 332 g/mol. The molecule has 0 aliphatic carbocycles. The van der Waals surface area contributed by atoms with Crippen LogP contribution in [0, 0.1) is 13.8 Å². The Morgan fingerprint density at radius 1 is 1.29 bits per heavy atom. The summed E-state index contributed by atoms with van der Waals surface area (Å²) in [5, 5.41) is 0. The maximum Gasteiger partial charge on any atom is 0.241 e. The minimum absolute atomic E-state index is 0.000906. The van der Waals surface area contributed by atoms with E-state index in [1.54, 1.807) is 32.9 Å². The van der Waals surface area contributed by atoms with Gasteiger partial charge in [0.2, 0.25) is 10.0 Å². The lowest BCUT2D eigenvalue weighted by molar-refractivity contribution is 0.461. The molecule has 6 nitrogen and oxygen atoms in total. The molecule has 0 amide bonds. The molecule has 21 heavy (non-hydrogen) atoms. The van der Waals surface area contributed by atoms with Gasteiger partial charge in [-0.25, -0.2) is 21.6 Å². The summed E-state index contributed by atoms with van der Waals surface area (Å²) < 4.78 is 51.0. The molecule has 0 bridgehead atoms. The summed E-state index contributed by atoms with van der Waals surface area (Å²) in [7, 11) is -7.02. The van der Waals surface area contributed by atoms with Crippen molar-refractivity contribution in [1.29, 1.82) is 0 Å². The summed E-state index contributed by atoms with van der Waals surface area (Å²) in [6.07, 6.45) is 0.273. The predicted octanol–water partition coefficient (Wildman–Crippen LogP) is 0.741. The molecule has 2 rings (SSSR count). The number of anilines is 1. The number of aryl methyl sites for hydroxylation is 1. The van der Waals surface area contributed by atoms with Crippen molar-refractivity contribution in [2.75, 3.05) is 17.2 Å². The number of sulfone groups is 1. The van der Waals surface area contributed by atoms with Crippen LogP contribution < -0.4 is 10.5 Å². The van der Waals surface area contributed by atoms with Gasteiger partial charge in [0.15, 0.2) is 9.84 Å². The summed E-state index contributed by atoms with van der Waals surface area (Å²) >= 11 is 0. The molecule has 8 heteroatoms. The summed E-state index contributed by atoms with van der Waals surface area (Å²) in [6, 6.07) is 3.30. The minimum Gasteiger partial charge on any atom is -0.398 e. The Labute approximate surface area is 125 Å². The Morgan fingerprint density at radius 3 is 2.43 bits per heavy atom. The third kappa shape index (κ3) is 3.22. The van der Waals surface area contributed by atoms with Crippen LogP contribution in [0.3, 0.4) is 0 Å². The highest BCUT2D eigenvalue weighted by Gasteiger charge is 2.42. The summed E-state index contributed by atoms with van der Waals surface area (Å²) in [5.41, 5.74) is 6.27. The van der Waals surface area contributed by atoms with Crippen molar-refractivity contribution in [2.24, 2.45) is 0 Å². The van der Waals surface area contributed by atoms with Crippen LogP contribution in [0.25, 0.3) is 0 Å². The van der Waals surface area contributed by atoms with E-state index >= 15 is 0 Å². The lowest BCUT2D eigenvalue weighted by Crippen LogP contribution is -2.47. The fraction of sp³-hybridized carbons (Fsp3) is 0.538. The maximum atomic E-state index is 12.6. The molecule has 1 aliphatic heterocycles. The van der Waals surface area contributed by atoms with Gasteiger partial charge in [0.05, 0.1) is 16.4 Å². The van der Waals surface area contributed by atoms with Gasteiger partial charge in [0.25, 0.3) is 0 Å². The zero-order valence-corrected chi connectivity index (χ0v) is 13.9. The van der Waals surface area contributed by atoms with E-state index < -0.39 is 25.4 Å². The first-order chi connectivity index (χ1) is 9.46. The fourth-order valence-electron chi connectivity index (χ4n) is 2.72. The summed E-state index contributed by atoms with van der Waals surface area (Å²) in [4.78, 5) is 0.132. The normalized spacial score (nSPS) is 25.1. The number of benzene rings is 1. The van der Waals surface area contributed by atoms with E-state index in [-0.39, 0.29) is 22.8 Å². The number of hydrogen-bond acceptors (Lipinski definition) is 5. The van der Waals surface area contributed by atoms with Crippen LogP contribution in [-0.4, -0.2) is 33.9 Å². The third-order valence-corrected chi connectivity index (χ3v) is 7.63. The lowest BCUT2D eigenvalue weighted by Gasteiger charge is -2.25. The van der Waals surface area contributed by atoms with E-state index in [1.165, 1.54) is 0 Å². The number of hydrogen-bond donors (Lipinski definition) is 2. The number of nitrogen functional groups attached to an aromatic ring is 1. The molecule has 3 N–H and O–H groups in total. The first-order valence-electron chi connectivity index (χ1n) is 6.56. The molecule has 0 aromatic heterocycles. The van der Waals surface area contributed by atoms with E-state index in [0.717, 1.165) is 0 Å². The van der Waals surface area contributed by atoms with Gasteiger partial charge in [-0.05, 0) is 44.4 Å². The van der Waals surface area contributed by atoms with E-state index in [0.29, 0.717) is 16.8 Å². The van der Waals surface area contributed by atoms with Gasteiger partial charge in [-0.2, -0.15) is 0 Å². The van der Waals surface area contributed by atoms with Crippen LogP contribution in [0.2, 0.25) is 0 Å². The zero-order chi connectivity index (χ0) is 16.1. The van der Waals surface area contributed by atoms with Crippen molar-refractivity contribution >= 4 is 25.5 Å². The highest BCUT2D eigenvalue weighted by Crippen LogP contribution is 2.29. The van der Waals surface area contributed by atoms with Crippen molar-refractivity contribution in [1.82, 2.24) is 4.72 Å². The molecule has 1 fully saturated rings. The maximum absolute atomic E-state index is 12.6. The third-order valence-electron chi connectivity index (χ3n) is 3.80. The van der Waals surface area contributed by atoms with Gasteiger partial charge in [0, 0.05) is 11.2 Å². The van der Waals surface area contributed by atoms with Crippen molar-refractivity contribution in [3.8, 4) is 0 Å². The van der Waals surface area contributed by atoms with Crippen molar-refractivity contribution in [3.05, 3.63) is 23.3 Å². The van der Waals surface area contributed by atoms with E-state index in [9.17, 15) is 16.8 Å². The van der Waals surface area contributed by atoms with Crippen LogP contribution >= 0.6 is 0 Å². The molecule has 1 atom stereocenters. The van der Waals surface area contributed by atoms with Crippen LogP contribution in [0.4, 0.5) is 5.69 Å².